The van der Waals surface area contributed by atoms with Gasteiger partial charge in [0.15, 0.2) is 0 Å². The minimum Gasteiger partial charge on any atom is -0.310 e. The molecule has 0 radical (unpaired) electrons. The summed E-state index contributed by atoms with van der Waals surface area (Å²) in [6.45, 7) is 13.8. The zero-order valence-corrected chi connectivity index (χ0v) is 45.0. The first kappa shape index (κ1) is 46.1. The van der Waals surface area contributed by atoms with E-state index in [2.05, 4.69) is 294 Å². The minimum atomic E-state index is -0.196. The molecule has 0 N–H and O–H groups in total. The topological polar surface area (TPSA) is 6.48 Å². The zero-order valence-electron chi connectivity index (χ0n) is 45.0. The molecular formula is C76H58N2. The summed E-state index contributed by atoms with van der Waals surface area (Å²) in [6, 6.07) is 91.5. The molecule has 0 heterocycles. The van der Waals surface area contributed by atoms with Crippen LogP contribution < -0.4 is 9.80 Å². The molecule has 0 aromatic heterocycles. The average molecular weight is 999 g/mol. The van der Waals surface area contributed by atoms with Gasteiger partial charge in [-0.25, -0.2) is 0 Å². The van der Waals surface area contributed by atoms with E-state index in [1.807, 2.05) is 0 Å². The number of rotatable bonds is 8. The van der Waals surface area contributed by atoms with Crippen molar-refractivity contribution in [1.29, 1.82) is 0 Å². The van der Waals surface area contributed by atoms with E-state index in [9.17, 15) is 0 Å². The highest BCUT2D eigenvalue weighted by atomic mass is 15.1. The van der Waals surface area contributed by atoms with Gasteiger partial charge in [-0.3, -0.25) is 0 Å². The lowest BCUT2D eigenvalue weighted by Gasteiger charge is -2.29. The van der Waals surface area contributed by atoms with E-state index in [1.165, 1.54) is 132 Å². The van der Waals surface area contributed by atoms with Gasteiger partial charge in [0, 0.05) is 38.9 Å². The van der Waals surface area contributed by atoms with Crippen LogP contribution in [-0.4, -0.2) is 0 Å². The average Bonchev–Trinajstić information content (AvgIpc) is 3.89. The van der Waals surface area contributed by atoms with E-state index in [0.717, 1.165) is 22.7 Å². The number of nitrogens with zero attached hydrogens (tertiary/aromatic N) is 2. The van der Waals surface area contributed by atoms with Crippen LogP contribution in [0.25, 0.3) is 98.0 Å². The maximum atomic E-state index is 2.45. The van der Waals surface area contributed by atoms with Crippen molar-refractivity contribution < 1.29 is 0 Å². The molecule has 14 aromatic rings. The molecule has 372 valence electrons. The fraction of sp³-hybridized carbons (Fsp3) is 0.105. The lowest BCUT2D eigenvalue weighted by Crippen LogP contribution is -2.15. The predicted molar refractivity (Wildman–Crippen MR) is 335 cm³/mol. The molecule has 2 nitrogen and oxygen atoms in total. The van der Waals surface area contributed by atoms with Gasteiger partial charge in [-0.15, -0.1) is 0 Å². The molecule has 0 fully saturated rings. The van der Waals surface area contributed by atoms with Crippen molar-refractivity contribution in [3.05, 3.63) is 265 Å². The van der Waals surface area contributed by atoms with Crippen LogP contribution in [0.2, 0.25) is 0 Å². The molecule has 0 saturated carbocycles. The quantitative estimate of drug-likeness (QED) is 0.140. The molecule has 14 aromatic carbocycles. The van der Waals surface area contributed by atoms with Crippen molar-refractivity contribution >= 4 is 98.8 Å². The highest BCUT2D eigenvalue weighted by molar-refractivity contribution is 6.27. The first-order valence-electron chi connectivity index (χ1n) is 27.6. The van der Waals surface area contributed by atoms with E-state index >= 15 is 0 Å². The monoisotopic (exact) mass is 998 g/mol. The summed E-state index contributed by atoms with van der Waals surface area (Å²) in [4.78, 5) is 4.88. The van der Waals surface area contributed by atoms with Crippen LogP contribution in [0.5, 0.6) is 0 Å². The van der Waals surface area contributed by atoms with E-state index in [0.29, 0.717) is 0 Å². The van der Waals surface area contributed by atoms with Crippen LogP contribution in [0.3, 0.4) is 0 Å². The molecule has 0 unspecified atom stereocenters. The second-order valence-corrected chi connectivity index (χ2v) is 23.4. The van der Waals surface area contributed by atoms with Crippen LogP contribution in [0.1, 0.15) is 56.9 Å². The van der Waals surface area contributed by atoms with E-state index in [4.69, 9.17) is 0 Å². The second kappa shape index (κ2) is 17.1. The Morgan fingerprint density at radius 3 is 1.05 bits per heavy atom. The standard InChI is InChI=1S/C76H58N2/c1-47-13-31-59(32-14-47)77(69-43-27-54-17-15-50-9-7-11-52-23-41-65(69)73(54)71(50)52)60-33-19-48(20-34-60)56-25-39-63-64-40-26-57(46-68(64)76(5,6)67(63)45-56)49-21-35-61(36-22-49)78(62-37-29-58(30-38-62)75(2,3)4)70-44-28-55-18-16-51-10-8-12-53-24-42-66(70)74(55)72(51)53/h7-46H,1-6H3. The van der Waals surface area contributed by atoms with Crippen molar-refractivity contribution in [3.63, 3.8) is 0 Å². The number of benzene rings is 14. The van der Waals surface area contributed by atoms with Crippen molar-refractivity contribution in [2.24, 2.45) is 0 Å². The third-order valence-corrected chi connectivity index (χ3v) is 17.4. The Morgan fingerprint density at radius 2 is 0.654 bits per heavy atom. The molecule has 1 aliphatic rings. The zero-order chi connectivity index (χ0) is 52.6. The van der Waals surface area contributed by atoms with E-state index in [1.54, 1.807) is 0 Å². The molecule has 0 aliphatic heterocycles. The molecule has 0 saturated heterocycles. The molecular weight excluding hydrogens is 941 g/mol. The van der Waals surface area contributed by atoms with Gasteiger partial charge >= 0.3 is 0 Å². The van der Waals surface area contributed by atoms with E-state index in [-0.39, 0.29) is 10.8 Å². The van der Waals surface area contributed by atoms with Crippen molar-refractivity contribution in [3.8, 4) is 33.4 Å². The largest absolute Gasteiger partial charge is 0.310 e. The smallest absolute Gasteiger partial charge is 0.0540 e. The Kier molecular flexibility index (Phi) is 10.1. The maximum absolute atomic E-state index is 2.45. The van der Waals surface area contributed by atoms with Crippen molar-refractivity contribution in [1.82, 2.24) is 0 Å². The number of anilines is 6. The Hall–Kier alpha value is -9.24. The van der Waals surface area contributed by atoms with Crippen LogP contribution in [0, 0.1) is 6.92 Å². The summed E-state index contributed by atoms with van der Waals surface area (Å²) in [7, 11) is 0. The molecule has 78 heavy (non-hydrogen) atoms. The Bertz CT molecular complexity index is 4620. The maximum Gasteiger partial charge on any atom is 0.0540 e. The predicted octanol–water partition coefficient (Wildman–Crippen LogP) is 21.7. The first-order valence-corrected chi connectivity index (χ1v) is 27.6. The highest BCUT2D eigenvalue weighted by Gasteiger charge is 2.36. The van der Waals surface area contributed by atoms with Crippen LogP contribution >= 0.6 is 0 Å². The molecule has 0 spiro atoms. The number of hydrogen-bond acceptors (Lipinski definition) is 2. The second-order valence-electron chi connectivity index (χ2n) is 23.4. The van der Waals surface area contributed by atoms with E-state index < -0.39 is 0 Å². The summed E-state index contributed by atoms with van der Waals surface area (Å²) in [5.41, 5.74) is 19.5. The number of fused-ring (bicyclic) bond motifs is 3. The molecule has 2 heteroatoms. The van der Waals surface area contributed by atoms with Crippen molar-refractivity contribution in [2.75, 3.05) is 9.80 Å². The van der Waals surface area contributed by atoms with Gasteiger partial charge in [-0.05, 0) is 189 Å². The molecule has 1 aliphatic carbocycles. The first-order chi connectivity index (χ1) is 37.9. The molecule has 0 atom stereocenters. The van der Waals surface area contributed by atoms with Gasteiger partial charge < -0.3 is 9.80 Å². The van der Waals surface area contributed by atoms with Gasteiger partial charge in [0.2, 0.25) is 0 Å². The fourth-order valence-electron chi connectivity index (χ4n) is 13.2. The summed E-state index contributed by atoms with van der Waals surface area (Å²) in [6.07, 6.45) is 0. The Balaban J connectivity index is 0.757. The lowest BCUT2D eigenvalue weighted by molar-refractivity contribution is 0.590. The van der Waals surface area contributed by atoms with Gasteiger partial charge in [-0.2, -0.15) is 0 Å². The molecule has 15 rings (SSSR count). The van der Waals surface area contributed by atoms with Gasteiger partial charge in [-0.1, -0.05) is 210 Å². The fourth-order valence-corrected chi connectivity index (χ4v) is 13.2. The van der Waals surface area contributed by atoms with Gasteiger partial charge in [0.05, 0.1) is 11.4 Å². The highest BCUT2D eigenvalue weighted by Crippen LogP contribution is 2.52. The van der Waals surface area contributed by atoms with Crippen LogP contribution in [0.4, 0.5) is 34.1 Å². The minimum absolute atomic E-state index is 0.0550. The molecule has 0 bridgehead atoms. The SMILES string of the molecule is Cc1ccc(N(c2ccc(-c3ccc4c(c3)C(C)(C)c3cc(-c5ccc(N(c6ccc(C(C)(C)C)cc6)c6ccc7ccc8cccc9ccc6c7c89)cc5)ccc3-4)cc2)c2ccc3ccc4cccc5ccc2c3c45)cc1. The van der Waals surface area contributed by atoms with Gasteiger partial charge in [0.25, 0.3) is 0 Å². The Labute approximate surface area is 456 Å². The normalized spacial score (nSPS) is 13.1. The summed E-state index contributed by atoms with van der Waals surface area (Å²) in [5, 5.41) is 15.4. The lowest BCUT2D eigenvalue weighted by atomic mass is 9.81. The third-order valence-electron chi connectivity index (χ3n) is 17.4. The number of hydrogen-bond donors (Lipinski definition) is 0. The summed E-state index contributed by atoms with van der Waals surface area (Å²) in [5.74, 6) is 0. The summed E-state index contributed by atoms with van der Waals surface area (Å²) >= 11 is 0. The van der Waals surface area contributed by atoms with Crippen LogP contribution in [0.15, 0.2) is 243 Å². The van der Waals surface area contributed by atoms with Gasteiger partial charge in [0.1, 0.15) is 0 Å². The Morgan fingerprint density at radius 1 is 0.321 bits per heavy atom. The third kappa shape index (κ3) is 7.16. The number of aryl methyl sites for hydroxylation is 1. The molecule has 0 amide bonds. The van der Waals surface area contributed by atoms with Crippen LogP contribution in [-0.2, 0) is 10.8 Å². The van der Waals surface area contributed by atoms with Crippen molar-refractivity contribution in [2.45, 2.75) is 52.4 Å². The summed E-state index contributed by atoms with van der Waals surface area (Å²) < 4.78 is 0.